The van der Waals surface area contributed by atoms with Gasteiger partial charge in [-0.1, -0.05) is 6.92 Å². The van der Waals surface area contributed by atoms with Crippen LogP contribution in [0.1, 0.15) is 18.3 Å². The SMILES string of the molecule is CCc1cnc(CCl)cn1. The Labute approximate surface area is 65.3 Å². The molecule has 0 radical (unpaired) electrons. The minimum atomic E-state index is 0.441. The fraction of sp³-hybridized carbons (Fsp3) is 0.429. The van der Waals surface area contributed by atoms with Crippen molar-refractivity contribution in [3.05, 3.63) is 23.8 Å². The van der Waals surface area contributed by atoms with E-state index in [1.54, 1.807) is 12.4 Å². The van der Waals surface area contributed by atoms with Gasteiger partial charge in [-0.15, -0.1) is 11.6 Å². The van der Waals surface area contributed by atoms with E-state index in [0.29, 0.717) is 5.88 Å². The molecule has 1 rings (SSSR count). The van der Waals surface area contributed by atoms with Crippen molar-refractivity contribution in [2.45, 2.75) is 19.2 Å². The summed E-state index contributed by atoms with van der Waals surface area (Å²) in [6.07, 6.45) is 4.40. The molecule has 0 saturated carbocycles. The van der Waals surface area contributed by atoms with Gasteiger partial charge < -0.3 is 0 Å². The Morgan fingerprint density at radius 3 is 2.30 bits per heavy atom. The molecule has 0 N–H and O–H groups in total. The second-order valence-electron chi connectivity index (χ2n) is 1.99. The average molecular weight is 157 g/mol. The Bertz CT molecular complexity index is 172. The van der Waals surface area contributed by atoms with Crippen LogP contribution in [-0.4, -0.2) is 9.97 Å². The fourth-order valence-corrected chi connectivity index (χ4v) is 0.771. The predicted molar refractivity (Wildman–Crippen MR) is 41.0 cm³/mol. The molecule has 54 valence electrons. The summed E-state index contributed by atoms with van der Waals surface area (Å²) in [5.74, 6) is 0.441. The summed E-state index contributed by atoms with van der Waals surface area (Å²) in [6, 6.07) is 0. The molecule has 3 heteroatoms. The number of alkyl halides is 1. The normalized spacial score (nSPS) is 9.80. The fourth-order valence-electron chi connectivity index (χ4n) is 0.633. The highest BCUT2D eigenvalue weighted by Gasteiger charge is 1.92. The van der Waals surface area contributed by atoms with E-state index < -0.39 is 0 Å². The van der Waals surface area contributed by atoms with E-state index in [1.807, 2.05) is 6.92 Å². The third-order valence-electron chi connectivity index (χ3n) is 1.26. The minimum Gasteiger partial charge on any atom is -0.258 e. The monoisotopic (exact) mass is 156 g/mol. The third kappa shape index (κ3) is 1.67. The van der Waals surface area contributed by atoms with Gasteiger partial charge in [-0.3, -0.25) is 9.97 Å². The van der Waals surface area contributed by atoms with Gasteiger partial charge in [0.2, 0.25) is 0 Å². The first kappa shape index (κ1) is 7.48. The molecule has 1 aromatic rings. The van der Waals surface area contributed by atoms with Crippen LogP contribution < -0.4 is 0 Å². The van der Waals surface area contributed by atoms with Crippen LogP contribution in [0.4, 0.5) is 0 Å². The van der Waals surface area contributed by atoms with Crippen molar-refractivity contribution in [1.82, 2.24) is 9.97 Å². The van der Waals surface area contributed by atoms with E-state index >= 15 is 0 Å². The predicted octanol–water partition coefficient (Wildman–Crippen LogP) is 1.78. The quantitative estimate of drug-likeness (QED) is 0.610. The molecule has 1 aromatic heterocycles. The van der Waals surface area contributed by atoms with Crippen molar-refractivity contribution in [1.29, 1.82) is 0 Å². The van der Waals surface area contributed by atoms with Gasteiger partial charge in [-0.05, 0) is 6.42 Å². The van der Waals surface area contributed by atoms with Crippen LogP contribution in [0.3, 0.4) is 0 Å². The summed E-state index contributed by atoms with van der Waals surface area (Å²) in [7, 11) is 0. The van der Waals surface area contributed by atoms with Crippen LogP contribution in [0, 0.1) is 0 Å². The standard InChI is InChI=1S/C7H9ClN2/c1-2-6-4-10-7(3-8)5-9-6/h4-5H,2-3H2,1H3. The van der Waals surface area contributed by atoms with Gasteiger partial charge in [-0.2, -0.15) is 0 Å². The molecule has 10 heavy (non-hydrogen) atoms. The molecule has 0 unspecified atom stereocenters. The van der Waals surface area contributed by atoms with Crippen LogP contribution >= 0.6 is 11.6 Å². The second-order valence-corrected chi connectivity index (χ2v) is 2.25. The Morgan fingerprint density at radius 2 is 1.90 bits per heavy atom. The molecule has 2 nitrogen and oxygen atoms in total. The number of hydrogen-bond acceptors (Lipinski definition) is 2. The summed E-state index contributed by atoms with van der Waals surface area (Å²) < 4.78 is 0. The van der Waals surface area contributed by atoms with Gasteiger partial charge in [-0.25, -0.2) is 0 Å². The lowest BCUT2D eigenvalue weighted by Gasteiger charge is -1.94. The maximum atomic E-state index is 5.52. The summed E-state index contributed by atoms with van der Waals surface area (Å²) in [5.41, 5.74) is 1.84. The molecule has 0 spiro atoms. The van der Waals surface area contributed by atoms with Crippen LogP contribution in [0.15, 0.2) is 12.4 Å². The molecule has 0 fully saturated rings. The zero-order valence-electron chi connectivity index (χ0n) is 5.84. The van der Waals surface area contributed by atoms with Gasteiger partial charge in [0.1, 0.15) is 0 Å². The van der Waals surface area contributed by atoms with E-state index in [2.05, 4.69) is 9.97 Å². The van der Waals surface area contributed by atoms with Crippen molar-refractivity contribution in [2.75, 3.05) is 0 Å². The van der Waals surface area contributed by atoms with Gasteiger partial charge in [0.15, 0.2) is 0 Å². The van der Waals surface area contributed by atoms with Crippen LogP contribution in [0.25, 0.3) is 0 Å². The van der Waals surface area contributed by atoms with Crippen LogP contribution in [0.2, 0.25) is 0 Å². The molecular weight excluding hydrogens is 148 g/mol. The summed E-state index contributed by atoms with van der Waals surface area (Å²) in [5, 5.41) is 0. The van der Waals surface area contributed by atoms with Crippen molar-refractivity contribution >= 4 is 11.6 Å². The number of aryl methyl sites for hydroxylation is 1. The topological polar surface area (TPSA) is 25.8 Å². The minimum absolute atomic E-state index is 0.441. The summed E-state index contributed by atoms with van der Waals surface area (Å²) >= 11 is 5.52. The first-order valence-corrected chi connectivity index (χ1v) is 3.76. The zero-order chi connectivity index (χ0) is 7.40. The molecule has 0 bridgehead atoms. The van der Waals surface area contributed by atoms with E-state index in [4.69, 9.17) is 11.6 Å². The third-order valence-corrected chi connectivity index (χ3v) is 1.53. The van der Waals surface area contributed by atoms with E-state index in [0.717, 1.165) is 17.8 Å². The Morgan fingerprint density at radius 1 is 1.30 bits per heavy atom. The van der Waals surface area contributed by atoms with Gasteiger partial charge in [0.25, 0.3) is 0 Å². The molecule has 0 atom stereocenters. The first-order valence-electron chi connectivity index (χ1n) is 3.22. The van der Waals surface area contributed by atoms with Crippen molar-refractivity contribution < 1.29 is 0 Å². The molecule has 0 aliphatic rings. The van der Waals surface area contributed by atoms with Crippen LogP contribution in [0.5, 0.6) is 0 Å². The number of hydrogen-bond donors (Lipinski definition) is 0. The largest absolute Gasteiger partial charge is 0.258 e. The average Bonchev–Trinajstić information content (AvgIpc) is 2.05. The molecular formula is C7H9ClN2. The lowest BCUT2D eigenvalue weighted by atomic mass is 10.3. The maximum Gasteiger partial charge on any atom is 0.0734 e. The maximum absolute atomic E-state index is 5.52. The smallest absolute Gasteiger partial charge is 0.0734 e. The Balaban J connectivity index is 2.80. The molecule has 0 saturated heterocycles. The highest BCUT2D eigenvalue weighted by Crippen LogP contribution is 1.98. The number of nitrogens with zero attached hydrogens (tertiary/aromatic N) is 2. The number of halogens is 1. The lowest BCUT2D eigenvalue weighted by molar-refractivity contribution is 0.971. The summed E-state index contributed by atoms with van der Waals surface area (Å²) in [6.45, 7) is 2.05. The molecule has 0 aliphatic carbocycles. The molecule has 0 amide bonds. The molecule has 0 aliphatic heterocycles. The second kappa shape index (κ2) is 3.52. The Hall–Kier alpha value is -0.630. The molecule has 1 heterocycles. The van der Waals surface area contributed by atoms with Gasteiger partial charge >= 0.3 is 0 Å². The van der Waals surface area contributed by atoms with Crippen molar-refractivity contribution in [2.24, 2.45) is 0 Å². The number of aromatic nitrogens is 2. The first-order chi connectivity index (χ1) is 4.86. The highest BCUT2D eigenvalue weighted by atomic mass is 35.5. The van der Waals surface area contributed by atoms with Crippen molar-refractivity contribution in [3.8, 4) is 0 Å². The zero-order valence-corrected chi connectivity index (χ0v) is 6.60. The Kier molecular flexibility index (Phi) is 2.63. The van der Waals surface area contributed by atoms with E-state index in [-0.39, 0.29) is 0 Å². The lowest BCUT2D eigenvalue weighted by Crippen LogP contribution is -1.91. The highest BCUT2D eigenvalue weighted by molar-refractivity contribution is 6.16. The summed E-state index contributed by atoms with van der Waals surface area (Å²) in [4.78, 5) is 8.19. The van der Waals surface area contributed by atoms with Gasteiger partial charge in [0, 0.05) is 12.4 Å². The van der Waals surface area contributed by atoms with Crippen molar-refractivity contribution in [3.63, 3.8) is 0 Å². The van der Waals surface area contributed by atoms with Crippen LogP contribution in [-0.2, 0) is 12.3 Å². The molecule has 0 aromatic carbocycles. The van der Waals surface area contributed by atoms with Gasteiger partial charge in [0.05, 0.1) is 17.3 Å². The van der Waals surface area contributed by atoms with E-state index in [9.17, 15) is 0 Å². The number of rotatable bonds is 2. The van der Waals surface area contributed by atoms with E-state index in [1.165, 1.54) is 0 Å².